The normalized spacial score (nSPS) is 11.7. The van der Waals surface area contributed by atoms with E-state index in [1.165, 1.54) is 6.20 Å². The van der Waals surface area contributed by atoms with Crippen molar-refractivity contribution in [1.29, 1.82) is 0 Å². The maximum Gasteiger partial charge on any atom is 0.180 e. The number of sulfone groups is 1. The second-order valence-electron chi connectivity index (χ2n) is 4.44. The molecule has 0 aliphatic carbocycles. The van der Waals surface area contributed by atoms with Gasteiger partial charge in [-0.1, -0.05) is 12.1 Å². The number of nitrogen functional groups attached to an aromatic ring is 1. The fourth-order valence-electron chi connectivity index (χ4n) is 1.57. The Bertz CT molecular complexity index is 662. The third-order valence-corrected chi connectivity index (χ3v) is 4.94. The highest BCUT2D eigenvalue weighted by atomic mass is 32.2. The van der Waals surface area contributed by atoms with E-state index in [1.54, 1.807) is 44.3 Å². The maximum atomic E-state index is 12.0. The van der Waals surface area contributed by atoms with Gasteiger partial charge in [0.15, 0.2) is 9.84 Å². The summed E-state index contributed by atoms with van der Waals surface area (Å²) in [7, 11) is -3.24. The lowest BCUT2D eigenvalue weighted by atomic mass is 10.2. The molecule has 0 fully saturated rings. The van der Waals surface area contributed by atoms with Gasteiger partial charge in [0, 0.05) is 5.56 Å². The summed E-state index contributed by atoms with van der Waals surface area (Å²) in [6, 6.07) is 6.61. The van der Waals surface area contributed by atoms with Crippen molar-refractivity contribution in [3.8, 4) is 11.3 Å². The first kappa shape index (κ1) is 13.5. The van der Waals surface area contributed by atoms with Crippen LogP contribution in [0.2, 0.25) is 0 Å². The first-order chi connectivity index (χ1) is 8.91. The highest BCUT2D eigenvalue weighted by Gasteiger charge is 2.18. The summed E-state index contributed by atoms with van der Waals surface area (Å²) >= 11 is 0. The van der Waals surface area contributed by atoms with Crippen molar-refractivity contribution >= 4 is 15.7 Å². The van der Waals surface area contributed by atoms with Gasteiger partial charge in [-0.05, 0) is 26.0 Å². The average Bonchev–Trinajstić information content (AvgIpc) is 2.39. The van der Waals surface area contributed by atoms with E-state index >= 15 is 0 Å². The Morgan fingerprint density at radius 3 is 2.16 bits per heavy atom. The van der Waals surface area contributed by atoms with Crippen LogP contribution in [0, 0.1) is 0 Å². The molecule has 0 amide bonds. The van der Waals surface area contributed by atoms with Gasteiger partial charge in [0.25, 0.3) is 0 Å². The first-order valence-electron chi connectivity index (χ1n) is 5.83. The third-order valence-electron chi connectivity index (χ3n) is 2.77. The Kier molecular flexibility index (Phi) is 3.53. The SMILES string of the molecule is CC(C)S(=O)(=O)c1ccc(-c2cnc(N)cn2)cc1. The summed E-state index contributed by atoms with van der Waals surface area (Å²) in [4.78, 5) is 8.40. The number of hydrogen-bond donors (Lipinski definition) is 1. The van der Waals surface area contributed by atoms with Crippen LogP contribution in [0.5, 0.6) is 0 Å². The largest absolute Gasteiger partial charge is 0.382 e. The molecule has 19 heavy (non-hydrogen) atoms. The molecule has 0 unspecified atom stereocenters. The molecule has 0 aliphatic rings. The molecule has 5 nitrogen and oxygen atoms in total. The molecular weight excluding hydrogens is 262 g/mol. The van der Waals surface area contributed by atoms with E-state index in [-0.39, 0.29) is 0 Å². The van der Waals surface area contributed by atoms with E-state index in [0.29, 0.717) is 16.4 Å². The fourth-order valence-corrected chi connectivity index (χ4v) is 2.63. The molecule has 0 saturated heterocycles. The number of hydrogen-bond acceptors (Lipinski definition) is 5. The summed E-state index contributed by atoms with van der Waals surface area (Å²) < 4.78 is 24.0. The highest BCUT2D eigenvalue weighted by Crippen LogP contribution is 2.21. The summed E-state index contributed by atoms with van der Waals surface area (Å²) in [5.74, 6) is 0.350. The smallest absolute Gasteiger partial charge is 0.180 e. The second kappa shape index (κ2) is 4.97. The molecule has 2 aromatic rings. The Hall–Kier alpha value is -1.95. The molecule has 0 saturated carbocycles. The van der Waals surface area contributed by atoms with Crippen LogP contribution in [0.3, 0.4) is 0 Å². The predicted octanol–water partition coefficient (Wildman–Crippen LogP) is 1.91. The summed E-state index contributed by atoms with van der Waals surface area (Å²) in [6.07, 6.45) is 3.02. The quantitative estimate of drug-likeness (QED) is 0.926. The van der Waals surface area contributed by atoms with Crippen molar-refractivity contribution in [2.75, 3.05) is 5.73 Å². The molecule has 0 spiro atoms. The Morgan fingerprint density at radius 2 is 1.68 bits per heavy atom. The molecule has 2 N–H and O–H groups in total. The third kappa shape index (κ3) is 2.73. The molecular formula is C13H15N3O2S. The van der Waals surface area contributed by atoms with E-state index in [9.17, 15) is 8.42 Å². The van der Waals surface area contributed by atoms with Crippen molar-refractivity contribution in [2.45, 2.75) is 24.0 Å². The van der Waals surface area contributed by atoms with Crippen molar-refractivity contribution in [2.24, 2.45) is 0 Å². The van der Waals surface area contributed by atoms with Crippen LogP contribution in [0.1, 0.15) is 13.8 Å². The van der Waals surface area contributed by atoms with Crippen LogP contribution in [-0.2, 0) is 9.84 Å². The van der Waals surface area contributed by atoms with Gasteiger partial charge < -0.3 is 5.73 Å². The zero-order valence-electron chi connectivity index (χ0n) is 10.7. The summed E-state index contributed by atoms with van der Waals surface area (Å²) in [5, 5.41) is -0.435. The van der Waals surface area contributed by atoms with E-state index in [2.05, 4.69) is 9.97 Å². The number of rotatable bonds is 3. The van der Waals surface area contributed by atoms with E-state index in [0.717, 1.165) is 5.56 Å². The number of nitrogens with zero attached hydrogens (tertiary/aromatic N) is 2. The van der Waals surface area contributed by atoms with Gasteiger partial charge in [-0.2, -0.15) is 0 Å². The number of anilines is 1. The number of benzene rings is 1. The van der Waals surface area contributed by atoms with Crippen LogP contribution < -0.4 is 5.73 Å². The minimum atomic E-state index is -3.24. The van der Waals surface area contributed by atoms with Gasteiger partial charge in [0.1, 0.15) is 5.82 Å². The second-order valence-corrected chi connectivity index (χ2v) is 6.95. The van der Waals surface area contributed by atoms with Crippen LogP contribution in [-0.4, -0.2) is 23.6 Å². The number of nitrogens with two attached hydrogens (primary N) is 1. The molecule has 1 aromatic heterocycles. The molecule has 1 heterocycles. The molecule has 1 aromatic carbocycles. The molecule has 0 radical (unpaired) electrons. The Labute approximate surface area is 112 Å². The molecule has 0 atom stereocenters. The van der Waals surface area contributed by atoms with Gasteiger partial charge >= 0.3 is 0 Å². The van der Waals surface area contributed by atoms with Crippen molar-refractivity contribution in [1.82, 2.24) is 9.97 Å². The number of aromatic nitrogens is 2. The lowest BCUT2D eigenvalue weighted by molar-refractivity contribution is 0.587. The topological polar surface area (TPSA) is 85.9 Å². The van der Waals surface area contributed by atoms with Crippen LogP contribution in [0.4, 0.5) is 5.82 Å². The van der Waals surface area contributed by atoms with Gasteiger partial charge in [0.05, 0.1) is 28.2 Å². The van der Waals surface area contributed by atoms with Crippen molar-refractivity contribution in [3.63, 3.8) is 0 Å². The maximum absolute atomic E-state index is 12.0. The summed E-state index contributed by atoms with van der Waals surface area (Å²) in [6.45, 7) is 3.32. The van der Waals surface area contributed by atoms with Crippen LogP contribution in [0.25, 0.3) is 11.3 Å². The first-order valence-corrected chi connectivity index (χ1v) is 7.38. The van der Waals surface area contributed by atoms with E-state index < -0.39 is 15.1 Å². The standard InChI is InChI=1S/C13H15N3O2S/c1-9(2)19(17,18)11-5-3-10(4-6-11)12-7-16-13(14)8-15-12/h3-9H,1-2H3,(H2,14,16). The molecule has 0 bridgehead atoms. The van der Waals surface area contributed by atoms with Gasteiger partial charge in [-0.3, -0.25) is 4.98 Å². The minimum Gasteiger partial charge on any atom is -0.382 e. The van der Waals surface area contributed by atoms with Crippen molar-refractivity contribution < 1.29 is 8.42 Å². The van der Waals surface area contributed by atoms with Gasteiger partial charge in [-0.15, -0.1) is 0 Å². The van der Waals surface area contributed by atoms with Gasteiger partial charge in [-0.25, -0.2) is 13.4 Å². The lowest BCUT2D eigenvalue weighted by Gasteiger charge is -2.08. The average molecular weight is 277 g/mol. The zero-order valence-corrected chi connectivity index (χ0v) is 11.6. The van der Waals surface area contributed by atoms with Gasteiger partial charge in [0.2, 0.25) is 0 Å². The molecule has 100 valence electrons. The zero-order chi connectivity index (χ0) is 14.0. The molecule has 0 aliphatic heterocycles. The van der Waals surface area contributed by atoms with Crippen LogP contribution >= 0.6 is 0 Å². The summed E-state index contributed by atoms with van der Waals surface area (Å²) in [5.41, 5.74) is 6.92. The monoisotopic (exact) mass is 277 g/mol. The Morgan fingerprint density at radius 1 is 1.05 bits per heavy atom. The van der Waals surface area contributed by atoms with E-state index in [4.69, 9.17) is 5.73 Å². The Balaban J connectivity index is 2.36. The molecule has 6 heteroatoms. The lowest BCUT2D eigenvalue weighted by Crippen LogP contribution is -2.13. The van der Waals surface area contributed by atoms with Crippen LogP contribution in [0.15, 0.2) is 41.6 Å². The highest BCUT2D eigenvalue weighted by molar-refractivity contribution is 7.92. The minimum absolute atomic E-state index is 0.314. The predicted molar refractivity (Wildman–Crippen MR) is 74.2 cm³/mol. The fraction of sp³-hybridized carbons (Fsp3) is 0.231. The van der Waals surface area contributed by atoms with Crippen molar-refractivity contribution in [3.05, 3.63) is 36.7 Å². The van der Waals surface area contributed by atoms with E-state index in [1.807, 2.05) is 0 Å². The molecule has 2 rings (SSSR count).